The van der Waals surface area contributed by atoms with E-state index in [9.17, 15) is 4.79 Å². The lowest BCUT2D eigenvalue weighted by Gasteiger charge is -2.37. The van der Waals surface area contributed by atoms with Gasteiger partial charge in [0.15, 0.2) is 0 Å². The first kappa shape index (κ1) is 19.0. The van der Waals surface area contributed by atoms with Crippen LogP contribution >= 0.6 is 0 Å². The molecule has 3 aromatic rings. The highest BCUT2D eigenvalue weighted by Gasteiger charge is 2.46. The quantitative estimate of drug-likeness (QED) is 0.591. The van der Waals surface area contributed by atoms with E-state index in [1.54, 1.807) is 0 Å². The zero-order valence-corrected chi connectivity index (χ0v) is 17.1. The van der Waals surface area contributed by atoms with Crippen molar-refractivity contribution in [3.05, 3.63) is 107 Å². The van der Waals surface area contributed by atoms with E-state index >= 15 is 0 Å². The standard InChI is InChI=1S/C26H26N2O/c1-4-26(21-8-6-5-7-9-21)18-24(27-22-14-10-19(2)11-15-22)25(29)28(26)23-16-12-20(3)13-17-23/h5-18,27H,4H2,1-3H3. The van der Waals surface area contributed by atoms with Crippen LogP contribution in [0.3, 0.4) is 0 Å². The van der Waals surface area contributed by atoms with Gasteiger partial charge in [-0.05, 0) is 56.2 Å². The number of nitrogens with zero attached hydrogens (tertiary/aromatic N) is 1. The summed E-state index contributed by atoms with van der Waals surface area (Å²) in [6.45, 7) is 6.25. The largest absolute Gasteiger partial charge is 0.351 e. The molecule has 146 valence electrons. The zero-order chi connectivity index (χ0) is 20.4. The van der Waals surface area contributed by atoms with Crippen molar-refractivity contribution in [2.45, 2.75) is 32.7 Å². The number of benzene rings is 3. The minimum Gasteiger partial charge on any atom is -0.351 e. The number of aryl methyl sites for hydroxylation is 2. The molecule has 0 spiro atoms. The van der Waals surface area contributed by atoms with Crippen molar-refractivity contribution in [1.82, 2.24) is 0 Å². The molecule has 1 unspecified atom stereocenters. The summed E-state index contributed by atoms with van der Waals surface area (Å²) in [5, 5.41) is 3.36. The highest BCUT2D eigenvalue weighted by Crippen LogP contribution is 2.43. The molecule has 0 saturated carbocycles. The first-order valence-corrected chi connectivity index (χ1v) is 10.1. The second-order valence-electron chi connectivity index (χ2n) is 7.67. The Morgan fingerprint density at radius 3 is 2.00 bits per heavy atom. The number of rotatable bonds is 5. The Morgan fingerprint density at radius 1 is 0.828 bits per heavy atom. The van der Waals surface area contributed by atoms with E-state index in [1.165, 1.54) is 11.1 Å². The van der Waals surface area contributed by atoms with Crippen LogP contribution in [0.25, 0.3) is 0 Å². The second kappa shape index (κ2) is 7.59. The van der Waals surface area contributed by atoms with E-state index in [0.717, 1.165) is 23.4 Å². The lowest BCUT2D eigenvalue weighted by atomic mass is 9.86. The second-order valence-corrected chi connectivity index (χ2v) is 7.67. The molecule has 0 bridgehead atoms. The van der Waals surface area contributed by atoms with Gasteiger partial charge in [-0.2, -0.15) is 0 Å². The number of hydrogen-bond acceptors (Lipinski definition) is 2. The number of nitrogens with one attached hydrogen (secondary N) is 1. The molecule has 1 atom stereocenters. The van der Waals surface area contributed by atoms with E-state index in [-0.39, 0.29) is 5.91 Å². The summed E-state index contributed by atoms with van der Waals surface area (Å²) in [6.07, 6.45) is 2.86. The Kier molecular flexibility index (Phi) is 4.98. The summed E-state index contributed by atoms with van der Waals surface area (Å²) < 4.78 is 0. The Labute approximate surface area is 172 Å². The Morgan fingerprint density at radius 2 is 1.41 bits per heavy atom. The molecule has 0 fully saturated rings. The highest BCUT2D eigenvalue weighted by molar-refractivity contribution is 6.12. The number of carbonyl (C=O) groups excluding carboxylic acids is 1. The van der Waals surface area contributed by atoms with Crippen LogP contribution < -0.4 is 10.2 Å². The van der Waals surface area contributed by atoms with Crippen molar-refractivity contribution < 1.29 is 4.79 Å². The van der Waals surface area contributed by atoms with Gasteiger partial charge in [0.25, 0.3) is 5.91 Å². The summed E-state index contributed by atoms with van der Waals surface area (Å²) >= 11 is 0. The van der Waals surface area contributed by atoms with Gasteiger partial charge in [-0.25, -0.2) is 0 Å². The predicted octanol–water partition coefficient (Wildman–Crippen LogP) is 5.95. The van der Waals surface area contributed by atoms with Crippen LogP contribution in [0, 0.1) is 13.8 Å². The third-order valence-electron chi connectivity index (χ3n) is 5.65. The van der Waals surface area contributed by atoms with Gasteiger partial charge in [0, 0.05) is 11.4 Å². The maximum Gasteiger partial charge on any atom is 0.275 e. The third kappa shape index (κ3) is 3.44. The molecule has 4 rings (SSSR count). The van der Waals surface area contributed by atoms with Gasteiger partial charge in [-0.15, -0.1) is 0 Å². The number of amides is 1. The molecule has 29 heavy (non-hydrogen) atoms. The van der Waals surface area contributed by atoms with Crippen LogP contribution in [0.1, 0.15) is 30.0 Å². The van der Waals surface area contributed by atoms with Gasteiger partial charge in [-0.1, -0.05) is 72.6 Å². The number of carbonyl (C=O) groups is 1. The van der Waals surface area contributed by atoms with Crippen LogP contribution in [-0.2, 0) is 10.3 Å². The Hall–Kier alpha value is -3.33. The molecule has 1 aliphatic heterocycles. The molecule has 0 aliphatic carbocycles. The van der Waals surface area contributed by atoms with Crippen molar-refractivity contribution in [3.63, 3.8) is 0 Å². The molecule has 3 aromatic carbocycles. The van der Waals surface area contributed by atoms with Gasteiger partial charge < -0.3 is 5.32 Å². The Balaban J connectivity index is 1.82. The van der Waals surface area contributed by atoms with Gasteiger partial charge >= 0.3 is 0 Å². The lowest BCUT2D eigenvalue weighted by Crippen LogP contribution is -2.44. The average Bonchev–Trinajstić information content (AvgIpc) is 3.03. The van der Waals surface area contributed by atoms with E-state index < -0.39 is 5.54 Å². The monoisotopic (exact) mass is 382 g/mol. The minimum absolute atomic E-state index is 0.0138. The minimum atomic E-state index is -0.527. The van der Waals surface area contributed by atoms with Gasteiger partial charge in [0.05, 0.1) is 5.54 Å². The summed E-state index contributed by atoms with van der Waals surface area (Å²) in [6, 6.07) is 26.6. The fourth-order valence-corrected chi connectivity index (χ4v) is 3.99. The molecular weight excluding hydrogens is 356 g/mol. The van der Waals surface area contributed by atoms with E-state index in [2.05, 4.69) is 56.4 Å². The van der Waals surface area contributed by atoms with E-state index in [4.69, 9.17) is 0 Å². The topological polar surface area (TPSA) is 32.3 Å². The van der Waals surface area contributed by atoms with Crippen LogP contribution in [0.5, 0.6) is 0 Å². The maximum atomic E-state index is 13.6. The predicted molar refractivity (Wildman–Crippen MR) is 120 cm³/mol. The highest BCUT2D eigenvalue weighted by atomic mass is 16.2. The first-order chi connectivity index (χ1) is 14.0. The molecule has 0 aromatic heterocycles. The van der Waals surface area contributed by atoms with E-state index in [0.29, 0.717) is 5.70 Å². The van der Waals surface area contributed by atoms with Crippen molar-refractivity contribution in [1.29, 1.82) is 0 Å². The van der Waals surface area contributed by atoms with Gasteiger partial charge in [0.1, 0.15) is 5.70 Å². The summed E-state index contributed by atoms with van der Waals surface area (Å²) in [4.78, 5) is 15.5. The van der Waals surface area contributed by atoms with Crippen molar-refractivity contribution >= 4 is 17.3 Å². The molecule has 0 saturated heterocycles. The summed E-state index contributed by atoms with van der Waals surface area (Å²) in [5.74, 6) is -0.0138. The molecule has 0 radical (unpaired) electrons. The van der Waals surface area contributed by atoms with Crippen molar-refractivity contribution in [2.24, 2.45) is 0 Å². The Bertz CT molecular complexity index is 1040. The molecule has 1 aliphatic rings. The average molecular weight is 383 g/mol. The molecule has 3 heteroatoms. The number of hydrogen-bond donors (Lipinski definition) is 1. The normalized spacial score (nSPS) is 18.7. The molecule has 1 N–H and O–H groups in total. The zero-order valence-electron chi connectivity index (χ0n) is 17.1. The van der Waals surface area contributed by atoms with Crippen LogP contribution in [0.4, 0.5) is 11.4 Å². The van der Waals surface area contributed by atoms with Gasteiger partial charge in [0.2, 0.25) is 0 Å². The van der Waals surface area contributed by atoms with Gasteiger partial charge in [-0.3, -0.25) is 9.69 Å². The third-order valence-corrected chi connectivity index (χ3v) is 5.65. The summed E-state index contributed by atoms with van der Waals surface area (Å²) in [7, 11) is 0. The van der Waals surface area contributed by atoms with Crippen molar-refractivity contribution in [2.75, 3.05) is 10.2 Å². The smallest absolute Gasteiger partial charge is 0.275 e. The molecule has 3 nitrogen and oxygen atoms in total. The van der Waals surface area contributed by atoms with Crippen molar-refractivity contribution in [3.8, 4) is 0 Å². The van der Waals surface area contributed by atoms with Crippen LogP contribution in [-0.4, -0.2) is 5.91 Å². The number of anilines is 2. The molecule has 1 heterocycles. The maximum absolute atomic E-state index is 13.6. The fraction of sp³-hybridized carbons (Fsp3) is 0.192. The SMILES string of the molecule is CCC1(c2ccccc2)C=C(Nc2ccc(C)cc2)C(=O)N1c1ccc(C)cc1. The van der Waals surface area contributed by atoms with Crippen LogP contribution in [0.15, 0.2) is 90.6 Å². The molecule has 1 amide bonds. The fourth-order valence-electron chi connectivity index (χ4n) is 3.99. The summed E-state index contributed by atoms with van der Waals surface area (Å²) in [5.41, 5.74) is 5.38. The lowest BCUT2D eigenvalue weighted by molar-refractivity contribution is -0.115. The van der Waals surface area contributed by atoms with E-state index in [1.807, 2.05) is 59.5 Å². The van der Waals surface area contributed by atoms with Crippen LogP contribution in [0.2, 0.25) is 0 Å². The molecular formula is C26H26N2O. The first-order valence-electron chi connectivity index (χ1n) is 10.1.